The number of carbonyl (C=O) groups is 1. The Labute approximate surface area is 135 Å². The van der Waals surface area contributed by atoms with Gasteiger partial charge < -0.3 is 14.3 Å². The number of furan rings is 1. The van der Waals surface area contributed by atoms with Crippen LogP contribution in [0, 0.1) is 0 Å². The lowest BCUT2D eigenvalue weighted by Gasteiger charge is -2.07. The summed E-state index contributed by atoms with van der Waals surface area (Å²) < 4.78 is 10.5. The number of hydrogen-bond acceptors (Lipinski definition) is 4. The van der Waals surface area contributed by atoms with Gasteiger partial charge in [0.1, 0.15) is 11.5 Å². The molecule has 2 aromatic rings. The van der Waals surface area contributed by atoms with Crippen molar-refractivity contribution < 1.29 is 19.1 Å². The van der Waals surface area contributed by atoms with Crippen molar-refractivity contribution in [1.82, 2.24) is 0 Å². The molecule has 2 rings (SSSR count). The molecule has 0 amide bonds. The maximum Gasteiger partial charge on any atom is 0.193 e. The highest BCUT2D eigenvalue weighted by atomic mass is 79.9. The minimum atomic E-state index is -0.275. The summed E-state index contributed by atoms with van der Waals surface area (Å²) in [6.45, 7) is 0.304. The number of benzene rings is 1. The maximum atomic E-state index is 12.2. The minimum absolute atomic E-state index is 0.0117. The summed E-state index contributed by atoms with van der Waals surface area (Å²) in [6, 6.07) is 6.45. The number of phenols is 1. The highest BCUT2D eigenvalue weighted by Crippen LogP contribution is 2.30. The molecule has 4 nitrogen and oxygen atoms in total. The highest BCUT2D eigenvalue weighted by Gasteiger charge is 2.13. The topological polar surface area (TPSA) is 59.7 Å². The van der Waals surface area contributed by atoms with Gasteiger partial charge in [-0.3, -0.25) is 4.79 Å². The van der Waals surface area contributed by atoms with Gasteiger partial charge in [-0.15, -0.1) is 0 Å². The number of ketones is 1. The molecule has 1 aromatic heterocycles. The molecule has 0 aliphatic carbocycles. The van der Waals surface area contributed by atoms with Crippen molar-refractivity contribution in [2.75, 3.05) is 7.11 Å². The van der Waals surface area contributed by atoms with Crippen LogP contribution in [0.25, 0.3) is 6.08 Å². The van der Waals surface area contributed by atoms with Crippen molar-refractivity contribution in [3.63, 3.8) is 0 Å². The van der Waals surface area contributed by atoms with E-state index >= 15 is 0 Å². The van der Waals surface area contributed by atoms with Gasteiger partial charge in [-0.1, -0.05) is 0 Å². The Balaban J connectivity index is 2.27. The Morgan fingerprint density at radius 3 is 2.86 bits per heavy atom. The third kappa shape index (κ3) is 3.97. The molecular formula is C15H12BrClO4. The van der Waals surface area contributed by atoms with Crippen LogP contribution in [0.2, 0.25) is 5.22 Å². The average Bonchev–Trinajstić information content (AvgIpc) is 2.86. The number of aromatic hydroxyl groups is 1. The fourth-order valence-electron chi connectivity index (χ4n) is 1.76. The summed E-state index contributed by atoms with van der Waals surface area (Å²) in [5.74, 6) is 0.187. The summed E-state index contributed by atoms with van der Waals surface area (Å²) in [5, 5.41) is 10.1. The minimum Gasteiger partial charge on any atom is -0.507 e. The van der Waals surface area contributed by atoms with Crippen LogP contribution >= 0.6 is 27.5 Å². The number of ether oxygens (including phenoxy) is 1. The molecule has 0 bridgehead atoms. The van der Waals surface area contributed by atoms with Crippen molar-refractivity contribution in [3.8, 4) is 5.75 Å². The van der Waals surface area contributed by atoms with Gasteiger partial charge in [-0.25, -0.2) is 0 Å². The maximum absolute atomic E-state index is 12.2. The third-order valence-corrected chi connectivity index (χ3v) is 3.72. The Kier molecular flexibility index (Phi) is 5.22. The first-order valence-corrected chi connectivity index (χ1v) is 7.16. The van der Waals surface area contributed by atoms with Gasteiger partial charge in [-0.05, 0) is 69.5 Å². The second-order valence-electron chi connectivity index (χ2n) is 4.25. The summed E-state index contributed by atoms with van der Waals surface area (Å²) >= 11 is 8.86. The zero-order chi connectivity index (χ0) is 15.4. The first-order chi connectivity index (χ1) is 10.0. The number of phenolic OH excluding ortho intramolecular Hbond substituents is 1. The fourth-order valence-corrected chi connectivity index (χ4v) is 2.34. The van der Waals surface area contributed by atoms with Crippen LogP contribution in [0.15, 0.2) is 39.2 Å². The van der Waals surface area contributed by atoms with Gasteiger partial charge in [-0.2, -0.15) is 0 Å². The number of methoxy groups -OCH3 is 1. The van der Waals surface area contributed by atoms with E-state index in [0.717, 1.165) is 0 Å². The molecular weight excluding hydrogens is 360 g/mol. The summed E-state index contributed by atoms with van der Waals surface area (Å²) in [4.78, 5) is 12.2. The SMILES string of the molecule is COCc1cc(O)c(Br)c(C(=O)/C=C/c2ccc(Cl)o2)c1. The molecule has 1 heterocycles. The smallest absolute Gasteiger partial charge is 0.193 e. The quantitative estimate of drug-likeness (QED) is 0.623. The van der Waals surface area contributed by atoms with Crippen LogP contribution in [0.5, 0.6) is 5.75 Å². The van der Waals surface area contributed by atoms with Crippen LogP contribution in [0.4, 0.5) is 0 Å². The lowest BCUT2D eigenvalue weighted by molar-refractivity contribution is 0.104. The first kappa shape index (κ1) is 15.8. The van der Waals surface area contributed by atoms with Crippen molar-refractivity contribution in [3.05, 3.63) is 56.9 Å². The van der Waals surface area contributed by atoms with Gasteiger partial charge in [0.2, 0.25) is 0 Å². The molecule has 0 saturated carbocycles. The zero-order valence-electron chi connectivity index (χ0n) is 11.1. The molecule has 0 aliphatic rings. The number of carbonyl (C=O) groups excluding carboxylic acids is 1. The molecule has 1 N–H and O–H groups in total. The van der Waals surface area contributed by atoms with E-state index < -0.39 is 0 Å². The lowest BCUT2D eigenvalue weighted by atomic mass is 10.1. The Morgan fingerprint density at radius 1 is 1.48 bits per heavy atom. The van der Waals surface area contributed by atoms with Crippen LogP contribution in [0.1, 0.15) is 21.7 Å². The van der Waals surface area contributed by atoms with E-state index in [0.29, 0.717) is 28.0 Å². The summed E-state index contributed by atoms with van der Waals surface area (Å²) in [5.41, 5.74) is 1.05. The van der Waals surface area contributed by atoms with Crippen molar-refractivity contribution >= 4 is 39.4 Å². The largest absolute Gasteiger partial charge is 0.507 e. The highest BCUT2D eigenvalue weighted by molar-refractivity contribution is 9.10. The van der Waals surface area contributed by atoms with Crippen LogP contribution in [-0.4, -0.2) is 18.0 Å². The molecule has 0 radical (unpaired) electrons. The van der Waals surface area contributed by atoms with Crippen LogP contribution < -0.4 is 0 Å². The van der Waals surface area contributed by atoms with Crippen LogP contribution in [0.3, 0.4) is 0 Å². The normalized spacial score (nSPS) is 11.2. The number of allylic oxidation sites excluding steroid dienone is 1. The van der Waals surface area contributed by atoms with E-state index in [1.807, 2.05) is 0 Å². The average molecular weight is 372 g/mol. The van der Waals surface area contributed by atoms with Crippen molar-refractivity contribution in [2.45, 2.75) is 6.61 Å². The molecule has 0 fully saturated rings. The molecule has 0 atom stereocenters. The molecule has 0 unspecified atom stereocenters. The second-order valence-corrected chi connectivity index (χ2v) is 5.41. The molecule has 1 aromatic carbocycles. The van der Waals surface area contributed by atoms with Crippen molar-refractivity contribution in [2.24, 2.45) is 0 Å². The molecule has 0 aliphatic heterocycles. The Hall–Kier alpha value is -1.56. The number of hydrogen-bond donors (Lipinski definition) is 1. The predicted octanol–water partition coefficient (Wildman–Crippen LogP) is 4.44. The second kappa shape index (κ2) is 6.93. The fraction of sp³-hybridized carbons (Fsp3) is 0.133. The molecule has 0 spiro atoms. The van der Waals surface area contributed by atoms with Gasteiger partial charge in [0, 0.05) is 12.7 Å². The van der Waals surface area contributed by atoms with Gasteiger partial charge >= 0.3 is 0 Å². The monoisotopic (exact) mass is 370 g/mol. The third-order valence-electron chi connectivity index (χ3n) is 2.68. The van der Waals surface area contributed by atoms with E-state index in [9.17, 15) is 9.90 Å². The number of halogens is 2. The van der Waals surface area contributed by atoms with Gasteiger partial charge in [0.05, 0.1) is 11.1 Å². The van der Waals surface area contributed by atoms with E-state index in [1.165, 1.54) is 12.2 Å². The first-order valence-electron chi connectivity index (χ1n) is 5.99. The standard InChI is InChI=1S/C15H12BrClO4/c1-20-8-9-6-11(15(16)13(19)7-9)12(18)4-2-10-3-5-14(17)21-10/h2-7,19H,8H2,1H3/b4-2+. The molecule has 21 heavy (non-hydrogen) atoms. The predicted molar refractivity (Wildman–Crippen MR) is 83.6 cm³/mol. The van der Waals surface area contributed by atoms with E-state index in [-0.39, 0.29) is 16.8 Å². The Bertz CT molecular complexity index is 691. The van der Waals surface area contributed by atoms with Crippen molar-refractivity contribution in [1.29, 1.82) is 0 Å². The summed E-state index contributed by atoms with van der Waals surface area (Å²) in [7, 11) is 1.54. The summed E-state index contributed by atoms with van der Waals surface area (Å²) in [6.07, 6.45) is 2.87. The van der Waals surface area contributed by atoms with E-state index in [1.54, 1.807) is 31.4 Å². The van der Waals surface area contributed by atoms with Crippen LogP contribution in [-0.2, 0) is 11.3 Å². The van der Waals surface area contributed by atoms with Gasteiger partial charge in [0.15, 0.2) is 11.0 Å². The number of rotatable bonds is 5. The molecule has 0 saturated heterocycles. The molecule has 110 valence electrons. The van der Waals surface area contributed by atoms with Gasteiger partial charge in [0.25, 0.3) is 0 Å². The van der Waals surface area contributed by atoms with E-state index in [2.05, 4.69) is 15.9 Å². The Morgan fingerprint density at radius 2 is 2.24 bits per heavy atom. The zero-order valence-corrected chi connectivity index (χ0v) is 13.4. The van der Waals surface area contributed by atoms with E-state index in [4.69, 9.17) is 20.8 Å². The lowest BCUT2D eigenvalue weighted by Crippen LogP contribution is -1.99. The molecule has 6 heteroatoms.